The first-order valence-corrected chi connectivity index (χ1v) is 11.1. The number of fused-ring (bicyclic) bond motifs is 1. The molecule has 2 aliphatic rings. The van der Waals surface area contributed by atoms with Crippen LogP contribution in [-0.2, 0) is 0 Å². The molecule has 0 bridgehead atoms. The molecular weight excluding hydrogens is 418 g/mol. The third kappa shape index (κ3) is 3.28. The van der Waals surface area contributed by atoms with E-state index in [9.17, 15) is 10.1 Å². The molecule has 33 heavy (non-hydrogen) atoms. The summed E-state index contributed by atoms with van der Waals surface area (Å²) in [5, 5.41) is 14.2. The van der Waals surface area contributed by atoms with Gasteiger partial charge in [-0.1, -0.05) is 0 Å². The summed E-state index contributed by atoms with van der Waals surface area (Å²) in [5.41, 5.74) is 0.939. The molecule has 164 valence electrons. The molecular formula is C23H21N9O. The number of hydrogen-bond donors (Lipinski definition) is 1. The lowest BCUT2D eigenvalue weighted by atomic mass is 9.72. The predicted molar refractivity (Wildman–Crippen MR) is 117 cm³/mol. The highest BCUT2D eigenvalue weighted by Crippen LogP contribution is 2.46. The van der Waals surface area contributed by atoms with Crippen LogP contribution in [0.1, 0.15) is 85.1 Å². The smallest absolute Gasteiger partial charge is 0.263 e. The average molecular weight is 439 g/mol. The lowest BCUT2D eigenvalue weighted by Crippen LogP contribution is -2.28. The average Bonchev–Trinajstić information content (AvgIpc) is 3.59. The molecule has 6 rings (SSSR count). The summed E-state index contributed by atoms with van der Waals surface area (Å²) >= 11 is 0. The van der Waals surface area contributed by atoms with E-state index in [0.29, 0.717) is 17.4 Å². The Bertz CT molecular complexity index is 1430. The minimum Gasteiger partial charge on any atom is -0.310 e. The number of H-pyrrole nitrogens is 1. The molecule has 10 heteroatoms. The lowest BCUT2D eigenvalue weighted by molar-refractivity contribution is 0.319. The molecule has 0 aliphatic heterocycles. The van der Waals surface area contributed by atoms with Gasteiger partial charge >= 0.3 is 0 Å². The largest absolute Gasteiger partial charge is 0.310 e. The number of nitrogens with zero attached hydrogens (tertiary/aromatic N) is 8. The third-order valence-corrected chi connectivity index (χ3v) is 6.71. The van der Waals surface area contributed by atoms with Crippen LogP contribution in [0.2, 0.25) is 0 Å². The van der Waals surface area contributed by atoms with Gasteiger partial charge in [0.15, 0.2) is 11.3 Å². The number of rotatable bonds is 5. The van der Waals surface area contributed by atoms with E-state index in [1.54, 1.807) is 35.5 Å². The third-order valence-electron chi connectivity index (χ3n) is 6.71. The Kier molecular flexibility index (Phi) is 4.50. The van der Waals surface area contributed by atoms with Crippen LogP contribution in [0, 0.1) is 11.3 Å². The molecule has 2 saturated carbocycles. The summed E-state index contributed by atoms with van der Waals surface area (Å²) in [4.78, 5) is 38.5. The maximum Gasteiger partial charge on any atom is 0.263 e. The van der Waals surface area contributed by atoms with Crippen LogP contribution in [0.25, 0.3) is 11.0 Å². The van der Waals surface area contributed by atoms with E-state index in [2.05, 4.69) is 30.0 Å². The number of nitrogens with one attached hydrogen (secondary N) is 1. The summed E-state index contributed by atoms with van der Waals surface area (Å²) in [6.45, 7) is 1.94. The fourth-order valence-corrected chi connectivity index (χ4v) is 4.48. The zero-order valence-electron chi connectivity index (χ0n) is 18.0. The summed E-state index contributed by atoms with van der Waals surface area (Å²) in [5.74, 6) is 2.77. The standard InChI is InChI=1S/C23H21N9O/c1-12(14-10-27-19(28-11-14)13-3-4-13)32-22-18(17(9-24)31-32)23(33)30-21(29-22)16-6-5-15(16)20-25-7-2-8-26-20/h2,7-8,10-13,15-16H,3-6H2,1H3,(H,29,30,33)/t12-,15+,16-/m0/s1. The fraction of sp³-hybridized carbons (Fsp3) is 0.391. The maximum absolute atomic E-state index is 13.0. The van der Waals surface area contributed by atoms with Crippen molar-refractivity contribution in [2.45, 2.75) is 56.4 Å². The van der Waals surface area contributed by atoms with Crippen LogP contribution in [-0.4, -0.2) is 39.7 Å². The molecule has 0 unspecified atom stereocenters. The molecule has 2 fully saturated rings. The van der Waals surface area contributed by atoms with E-state index in [1.807, 2.05) is 13.0 Å². The van der Waals surface area contributed by atoms with Crippen LogP contribution in [0.5, 0.6) is 0 Å². The molecule has 0 spiro atoms. The van der Waals surface area contributed by atoms with E-state index in [4.69, 9.17) is 4.98 Å². The van der Waals surface area contributed by atoms with Crippen molar-refractivity contribution in [3.63, 3.8) is 0 Å². The normalized spacial score (nSPS) is 20.8. The first-order valence-electron chi connectivity index (χ1n) is 11.1. The first kappa shape index (κ1) is 19.7. The van der Waals surface area contributed by atoms with Gasteiger partial charge in [0.1, 0.15) is 28.9 Å². The Morgan fingerprint density at radius 3 is 2.42 bits per heavy atom. The number of hydrogen-bond acceptors (Lipinski definition) is 8. The molecule has 2 aliphatic carbocycles. The van der Waals surface area contributed by atoms with Crippen molar-refractivity contribution in [3.05, 3.63) is 69.9 Å². The second-order valence-electron chi connectivity index (χ2n) is 8.78. The Morgan fingerprint density at radius 1 is 1.06 bits per heavy atom. The predicted octanol–water partition coefficient (Wildman–Crippen LogP) is 2.72. The van der Waals surface area contributed by atoms with Gasteiger partial charge in [-0.15, -0.1) is 0 Å². The SMILES string of the molecule is C[C@@H](c1cnc(C2CC2)nc1)n1nc(C#N)c2c(=O)[nH]c([C@H]3CC[C@H]3c3ncccn3)nc21. The van der Waals surface area contributed by atoms with Gasteiger partial charge in [0, 0.05) is 48.1 Å². The highest BCUT2D eigenvalue weighted by Gasteiger charge is 2.38. The van der Waals surface area contributed by atoms with Gasteiger partial charge in [0.05, 0.1) is 6.04 Å². The highest BCUT2D eigenvalue weighted by atomic mass is 16.1. The van der Waals surface area contributed by atoms with Crippen molar-refractivity contribution in [2.24, 2.45) is 0 Å². The quantitative estimate of drug-likeness (QED) is 0.501. The lowest BCUT2D eigenvalue weighted by Gasteiger charge is -2.34. The fourth-order valence-electron chi connectivity index (χ4n) is 4.48. The van der Waals surface area contributed by atoms with Crippen LogP contribution < -0.4 is 5.56 Å². The highest BCUT2D eigenvalue weighted by molar-refractivity contribution is 5.80. The molecule has 0 saturated heterocycles. The van der Waals surface area contributed by atoms with Gasteiger partial charge < -0.3 is 4.98 Å². The minimum atomic E-state index is -0.357. The van der Waals surface area contributed by atoms with Gasteiger partial charge in [0.2, 0.25) is 0 Å². The van der Waals surface area contributed by atoms with Crippen molar-refractivity contribution >= 4 is 11.0 Å². The Morgan fingerprint density at radius 2 is 1.79 bits per heavy atom. The van der Waals surface area contributed by atoms with Gasteiger partial charge in [0.25, 0.3) is 5.56 Å². The van der Waals surface area contributed by atoms with Crippen molar-refractivity contribution < 1.29 is 0 Å². The van der Waals surface area contributed by atoms with E-state index in [1.165, 1.54) is 0 Å². The zero-order valence-corrected chi connectivity index (χ0v) is 18.0. The second kappa shape index (κ2) is 7.55. The summed E-state index contributed by atoms with van der Waals surface area (Å²) < 4.78 is 1.63. The topological polar surface area (TPSA) is 139 Å². The minimum absolute atomic E-state index is 0.00912. The number of nitriles is 1. The van der Waals surface area contributed by atoms with Crippen LogP contribution in [0.15, 0.2) is 35.6 Å². The van der Waals surface area contributed by atoms with Gasteiger partial charge in [-0.25, -0.2) is 29.6 Å². The Balaban J connectivity index is 1.41. The Hall–Kier alpha value is -4.00. The monoisotopic (exact) mass is 439 g/mol. The van der Waals surface area contributed by atoms with Crippen molar-refractivity contribution in [1.29, 1.82) is 5.26 Å². The molecule has 0 amide bonds. The molecule has 0 aromatic carbocycles. The van der Waals surface area contributed by atoms with E-state index < -0.39 is 0 Å². The van der Waals surface area contributed by atoms with Crippen LogP contribution in [0.4, 0.5) is 0 Å². The van der Waals surface area contributed by atoms with Crippen molar-refractivity contribution in [2.75, 3.05) is 0 Å². The summed E-state index contributed by atoms with van der Waals surface area (Å²) in [7, 11) is 0. The number of aromatic amines is 1. The van der Waals surface area contributed by atoms with Gasteiger partial charge in [-0.2, -0.15) is 10.4 Å². The first-order chi connectivity index (χ1) is 16.1. The van der Waals surface area contributed by atoms with Crippen LogP contribution >= 0.6 is 0 Å². The summed E-state index contributed by atoms with van der Waals surface area (Å²) in [6.07, 6.45) is 11.1. The zero-order chi connectivity index (χ0) is 22.5. The van der Waals surface area contributed by atoms with E-state index in [-0.39, 0.29) is 34.5 Å². The molecule has 1 N–H and O–H groups in total. The van der Waals surface area contributed by atoms with Gasteiger partial charge in [-0.3, -0.25) is 4.79 Å². The van der Waals surface area contributed by atoms with E-state index >= 15 is 0 Å². The molecule has 4 heterocycles. The maximum atomic E-state index is 13.0. The molecule has 0 radical (unpaired) electrons. The molecule has 10 nitrogen and oxygen atoms in total. The number of aromatic nitrogens is 8. The molecule has 4 aromatic heterocycles. The second-order valence-corrected chi connectivity index (χ2v) is 8.78. The molecule has 3 atom stereocenters. The van der Waals surface area contributed by atoms with Crippen molar-refractivity contribution in [1.82, 2.24) is 39.7 Å². The van der Waals surface area contributed by atoms with E-state index in [0.717, 1.165) is 42.9 Å². The van der Waals surface area contributed by atoms with Crippen LogP contribution in [0.3, 0.4) is 0 Å². The Labute approximate surface area is 188 Å². The van der Waals surface area contributed by atoms with Crippen molar-refractivity contribution in [3.8, 4) is 6.07 Å². The molecule has 4 aromatic rings. The summed E-state index contributed by atoms with van der Waals surface area (Å²) in [6, 6.07) is 3.53. The van der Waals surface area contributed by atoms with Gasteiger partial charge in [-0.05, 0) is 38.7 Å².